The summed E-state index contributed by atoms with van der Waals surface area (Å²) in [5.41, 5.74) is 0.665. The lowest BCUT2D eigenvalue weighted by Gasteiger charge is -1.92. The lowest BCUT2D eigenvalue weighted by molar-refractivity contribution is 0.104. The fourth-order valence-electron chi connectivity index (χ4n) is 1.35. The molecule has 15 heavy (non-hydrogen) atoms. The summed E-state index contributed by atoms with van der Waals surface area (Å²) in [4.78, 5) is 13.9. The number of nitrogens with zero attached hydrogens (tertiary/aromatic N) is 2. The molecule has 0 fully saturated rings. The van der Waals surface area contributed by atoms with Gasteiger partial charge in [0, 0.05) is 17.6 Å². The molecule has 0 atom stereocenters. The van der Waals surface area contributed by atoms with E-state index in [0.29, 0.717) is 5.56 Å². The fourth-order valence-corrected chi connectivity index (χ4v) is 2.18. The second-order valence-corrected chi connectivity index (χ2v) is 4.61. The van der Waals surface area contributed by atoms with Crippen LogP contribution in [0.5, 0.6) is 0 Å². The van der Waals surface area contributed by atoms with Crippen molar-refractivity contribution in [1.29, 1.82) is 0 Å². The molecule has 2 aromatic rings. The lowest BCUT2D eigenvalue weighted by Crippen LogP contribution is -1.97. The first kappa shape index (κ1) is 10.1. The number of aryl methyl sites for hydroxylation is 2. The molecule has 4 heteroatoms. The van der Waals surface area contributed by atoms with Gasteiger partial charge in [0.05, 0.1) is 16.6 Å². The minimum atomic E-state index is 0.0628. The van der Waals surface area contributed by atoms with Gasteiger partial charge in [0.2, 0.25) is 5.78 Å². The largest absolute Gasteiger partial charge is 0.288 e. The topological polar surface area (TPSA) is 34.9 Å². The minimum absolute atomic E-state index is 0.0628. The zero-order valence-corrected chi connectivity index (χ0v) is 9.54. The molecule has 0 amide bonds. The molecule has 2 aromatic heterocycles. The number of aromatic nitrogens is 2. The first-order valence-corrected chi connectivity index (χ1v) is 5.66. The summed E-state index contributed by atoms with van der Waals surface area (Å²) in [5.74, 6) is 0.0628. The van der Waals surface area contributed by atoms with Gasteiger partial charge in [-0.25, -0.2) is 0 Å². The highest BCUT2D eigenvalue weighted by Gasteiger charge is 2.12. The Balaban J connectivity index is 2.28. The molecule has 0 saturated carbocycles. The van der Waals surface area contributed by atoms with Crippen molar-refractivity contribution in [3.63, 3.8) is 0 Å². The number of carbonyl (C=O) groups excluding carboxylic acids is 1. The van der Waals surface area contributed by atoms with Crippen molar-refractivity contribution < 1.29 is 4.79 Å². The smallest absolute Gasteiger partial charge is 0.206 e. The molecule has 0 radical (unpaired) electrons. The number of hydrogen-bond acceptors (Lipinski definition) is 3. The van der Waals surface area contributed by atoms with Crippen LogP contribution < -0.4 is 0 Å². The van der Waals surface area contributed by atoms with Crippen LogP contribution >= 0.6 is 11.3 Å². The minimum Gasteiger partial charge on any atom is -0.288 e. The van der Waals surface area contributed by atoms with Gasteiger partial charge >= 0.3 is 0 Å². The van der Waals surface area contributed by atoms with E-state index in [9.17, 15) is 4.79 Å². The molecule has 0 bridgehead atoms. The highest BCUT2D eigenvalue weighted by Crippen LogP contribution is 2.18. The summed E-state index contributed by atoms with van der Waals surface area (Å²) in [5, 5.41) is 4.09. The van der Waals surface area contributed by atoms with E-state index >= 15 is 0 Å². The van der Waals surface area contributed by atoms with E-state index in [0.717, 1.165) is 16.3 Å². The molecule has 78 valence electrons. The lowest BCUT2D eigenvalue weighted by atomic mass is 10.2. The fraction of sp³-hybridized carbons (Fsp3) is 0.273. The Labute approximate surface area is 92.4 Å². The van der Waals surface area contributed by atoms with E-state index in [1.165, 1.54) is 11.3 Å². The molecule has 0 aliphatic rings. The van der Waals surface area contributed by atoms with E-state index in [4.69, 9.17) is 0 Å². The van der Waals surface area contributed by atoms with Crippen LogP contribution in [-0.2, 0) is 6.54 Å². The van der Waals surface area contributed by atoms with Gasteiger partial charge in [0.15, 0.2) is 0 Å². The molecule has 0 spiro atoms. The third-order valence-electron chi connectivity index (χ3n) is 2.18. The number of ketones is 1. The molecule has 0 aliphatic heterocycles. The van der Waals surface area contributed by atoms with Gasteiger partial charge in [-0.3, -0.25) is 9.48 Å². The molecule has 0 saturated heterocycles. The number of rotatable bonds is 3. The molecule has 0 aliphatic carbocycles. The predicted octanol–water partition coefficient (Wildman–Crippen LogP) is 2.50. The first-order chi connectivity index (χ1) is 7.20. The summed E-state index contributed by atoms with van der Waals surface area (Å²) < 4.78 is 1.76. The number of hydrogen-bond donors (Lipinski definition) is 0. The summed E-state index contributed by atoms with van der Waals surface area (Å²) in [6.07, 6.45) is 3.41. The summed E-state index contributed by atoms with van der Waals surface area (Å²) in [7, 11) is 0. The molecule has 0 aromatic carbocycles. The van der Waals surface area contributed by atoms with Crippen LogP contribution in [0.3, 0.4) is 0 Å². The van der Waals surface area contributed by atoms with Crippen LogP contribution in [0.2, 0.25) is 0 Å². The Hall–Kier alpha value is -1.42. The average Bonchev–Trinajstić information content (AvgIpc) is 2.84. The van der Waals surface area contributed by atoms with Crippen LogP contribution in [0.4, 0.5) is 0 Å². The van der Waals surface area contributed by atoms with Crippen molar-refractivity contribution in [1.82, 2.24) is 9.78 Å². The maximum absolute atomic E-state index is 11.9. The Morgan fingerprint density at radius 1 is 1.53 bits per heavy atom. The van der Waals surface area contributed by atoms with Gasteiger partial charge < -0.3 is 0 Å². The van der Waals surface area contributed by atoms with Crippen molar-refractivity contribution in [2.45, 2.75) is 20.4 Å². The maximum Gasteiger partial charge on any atom is 0.206 e. The highest BCUT2D eigenvalue weighted by molar-refractivity contribution is 7.14. The standard InChI is InChI=1S/C11H12N2OS/c1-3-13-7-9(6-12-13)11(14)10-5-4-8(2)15-10/h4-7H,3H2,1-2H3. The molecular weight excluding hydrogens is 208 g/mol. The van der Waals surface area contributed by atoms with Crippen LogP contribution in [0, 0.1) is 6.92 Å². The molecule has 3 nitrogen and oxygen atoms in total. The zero-order chi connectivity index (χ0) is 10.8. The summed E-state index contributed by atoms with van der Waals surface area (Å²) in [6, 6.07) is 3.83. The second-order valence-electron chi connectivity index (χ2n) is 3.32. The van der Waals surface area contributed by atoms with Crippen LogP contribution in [0.1, 0.15) is 27.0 Å². The van der Waals surface area contributed by atoms with Crippen LogP contribution in [-0.4, -0.2) is 15.6 Å². The van der Waals surface area contributed by atoms with E-state index in [1.54, 1.807) is 17.1 Å². The van der Waals surface area contributed by atoms with Crippen molar-refractivity contribution in [3.8, 4) is 0 Å². The predicted molar refractivity (Wildman–Crippen MR) is 60.4 cm³/mol. The Kier molecular flexibility index (Phi) is 2.68. The Bertz CT molecular complexity index is 484. The van der Waals surface area contributed by atoms with Crippen LogP contribution in [0.15, 0.2) is 24.5 Å². The van der Waals surface area contributed by atoms with Gasteiger partial charge in [0.25, 0.3) is 0 Å². The van der Waals surface area contributed by atoms with Crippen LogP contribution in [0.25, 0.3) is 0 Å². The highest BCUT2D eigenvalue weighted by atomic mass is 32.1. The van der Waals surface area contributed by atoms with E-state index in [-0.39, 0.29) is 5.78 Å². The molecular formula is C11H12N2OS. The van der Waals surface area contributed by atoms with Gasteiger partial charge in [0.1, 0.15) is 0 Å². The molecule has 0 N–H and O–H groups in total. The summed E-state index contributed by atoms with van der Waals surface area (Å²) in [6.45, 7) is 4.78. The number of carbonyl (C=O) groups is 1. The molecule has 2 rings (SSSR count). The van der Waals surface area contributed by atoms with E-state index < -0.39 is 0 Å². The maximum atomic E-state index is 11.9. The first-order valence-electron chi connectivity index (χ1n) is 4.84. The molecule has 0 unspecified atom stereocenters. The molecule has 2 heterocycles. The second kappa shape index (κ2) is 3.98. The Morgan fingerprint density at radius 2 is 2.33 bits per heavy atom. The SMILES string of the molecule is CCn1cc(C(=O)c2ccc(C)s2)cn1. The average molecular weight is 220 g/mol. The van der Waals surface area contributed by atoms with Gasteiger partial charge in [-0.15, -0.1) is 11.3 Å². The van der Waals surface area contributed by atoms with Crippen molar-refractivity contribution >= 4 is 17.1 Å². The third kappa shape index (κ3) is 1.99. The quantitative estimate of drug-likeness (QED) is 0.745. The zero-order valence-electron chi connectivity index (χ0n) is 8.73. The monoisotopic (exact) mass is 220 g/mol. The number of thiophene rings is 1. The summed E-state index contributed by atoms with van der Waals surface area (Å²) >= 11 is 1.52. The van der Waals surface area contributed by atoms with Gasteiger partial charge in [-0.1, -0.05) is 0 Å². The van der Waals surface area contributed by atoms with Gasteiger partial charge in [-0.05, 0) is 26.0 Å². The van der Waals surface area contributed by atoms with Crippen molar-refractivity contribution in [2.75, 3.05) is 0 Å². The van der Waals surface area contributed by atoms with E-state index in [2.05, 4.69) is 5.10 Å². The van der Waals surface area contributed by atoms with Gasteiger partial charge in [-0.2, -0.15) is 5.10 Å². The van der Waals surface area contributed by atoms with Crippen molar-refractivity contribution in [3.05, 3.63) is 39.8 Å². The van der Waals surface area contributed by atoms with E-state index in [1.807, 2.05) is 26.0 Å². The Morgan fingerprint density at radius 3 is 2.87 bits per heavy atom. The third-order valence-corrected chi connectivity index (χ3v) is 3.18. The normalized spacial score (nSPS) is 10.5. The van der Waals surface area contributed by atoms with Crippen molar-refractivity contribution in [2.24, 2.45) is 0 Å².